The maximum atomic E-state index is 5.93. The van der Waals surface area contributed by atoms with Gasteiger partial charge in [0.25, 0.3) is 0 Å². The van der Waals surface area contributed by atoms with Crippen LogP contribution in [0.2, 0.25) is 0 Å². The van der Waals surface area contributed by atoms with Gasteiger partial charge in [-0.15, -0.1) is 11.8 Å². The first-order valence-electron chi connectivity index (χ1n) is 12.2. The standard InChI is InChI=1S/C28H39N7S/c1-18-15-25(34-33-18)32-27(26(21-9-10-21)19(2)22(16-29)17-30-7)31-20(3)35(8)23-11-13-24(14-12-23)36-28(4,5)6/h11-17,21H,2,9-10,29H2,1,3-8H3,(H2,32,33,34)/b22-16+,27-26-,30-17?,31-20+. The number of nitrogens with one attached hydrogen (secondary N) is 2. The molecule has 1 aromatic heterocycles. The Morgan fingerprint density at radius 2 is 1.94 bits per heavy atom. The molecule has 0 atom stereocenters. The third kappa shape index (κ3) is 7.37. The van der Waals surface area contributed by atoms with Crippen LogP contribution in [-0.4, -0.2) is 41.1 Å². The molecule has 0 spiro atoms. The predicted octanol–water partition coefficient (Wildman–Crippen LogP) is 6.30. The minimum absolute atomic E-state index is 0.168. The summed E-state index contributed by atoms with van der Waals surface area (Å²) in [6, 6.07) is 10.6. The quantitative estimate of drug-likeness (QED) is 0.161. The topological polar surface area (TPSA) is 94.7 Å². The number of rotatable bonds is 9. The van der Waals surface area contributed by atoms with Gasteiger partial charge in [-0.25, -0.2) is 4.99 Å². The molecule has 1 aliphatic rings. The normalized spacial score (nSPS) is 15.8. The highest BCUT2D eigenvalue weighted by Crippen LogP contribution is 2.43. The molecule has 0 unspecified atom stereocenters. The van der Waals surface area contributed by atoms with Gasteiger partial charge in [0.05, 0.1) is 0 Å². The monoisotopic (exact) mass is 505 g/mol. The zero-order valence-corrected chi connectivity index (χ0v) is 23.3. The number of hydrogen-bond acceptors (Lipinski definition) is 6. The summed E-state index contributed by atoms with van der Waals surface area (Å²) in [5, 5.41) is 10.8. The lowest BCUT2D eigenvalue weighted by atomic mass is 9.96. The van der Waals surface area contributed by atoms with Crippen molar-refractivity contribution in [3.05, 3.63) is 71.3 Å². The molecule has 3 rings (SSSR count). The van der Waals surface area contributed by atoms with Crippen molar-refractivity contribution in [2.75, 3.05) is 24.3 Å². The van der Waals surface area contributed by atoms with E-state index in [0.717, 1.165) is 52.6 Å². The number of aliphatic imine (C=N–C) groups is 2. The molecule has 0 aliphatic heterocycles. The lowest BCUT2D eigenvalue weighted by molar-refractivity contribution is 0.803. The zero-order chi connectivity index (χ0) is 26.5. The Labute approximate surface area is 219 Å². The summed E-state index contributed by atoms with van der Waals surface area (Å²) in [6.07, 6.45) is 5.45. The van der Waals surface area contributed by atoms with Crippen LogP contribution in [0, 0.1) is 12.8 Å². The Balaban J connectivity index is 2.00. The molecule has 4 N–H and O–H groups in total. The summed E-state index contributed by atoms with van der Waals surface area (Å²) < 4.78 is 0.168. The number of hydrogen-bond donors (Lipinski definition) is 3. The molecule has 0 radical (unpaired) electrons. The van der Waals surface area contributed by atoms with E-state index in [1.807, 2.05) is 38.7 Å². The second kappa shape index (κ2) is 11.6. The van der Waals surface area contributed by atoms with Crippen molar-refractivity contribution in [3.8, 4) is 0 Å². The molecule has 7 nitrogen and oxygen atoms in total. The van der Waals surface area contributed by atoms with Crippen molar-refractivity contribution in [1.29, 1.82) is 0 Å². The van der Waals surface area contributed by atoms with Crippen LogP contribution in [0.15, 0.2) is 80.5 Å². The highest BCUT2D eigenvalue weighted by atomic mass is 32.2. The molecular weight excluding hydrogens is 466 g/mol. The van der Waals surface area contributed by atoms with Crippen molar-refractivity contribution in [1.82, 2.24) is 10.2 Å². The highest BCUT2D eigenvalue weighted by molar-refractivity contribution is 8.00. The predicted molar refractivity (Wildman–Crippen MR) is 156 cm³/mol. The maximum Gasteiger partial charge on any atom is 0.153 e. The molecule has 1 fully saturated rings. The minimum Gasteiger partial charge on any atom is -0.404 e. The lowest BCUT2D eigenvalue weighted by Gasteiger charge is -2.22. The van der Waals surface area contributed by atoms with Gasteiger partial charge in [-0.2, -0.15) is 5.10 Å². The first-order valence-corrected chi connectivity index (χ1v) is 13.0. The first-order chi connectivity index (χ1) is 17.0. The van der Waals surface area contributed by atoms with Crippen LogP contribution in [0.25, 0.3) is 0 Å². The average molecular weight is 506 g/mol. The van der Waals surface area contributed by atoms with Crippen LogP contribution in [-0.2, 0) is 0 Å². The van der Waals surface area contributed by atoms with Crippen molar-refractivity contribution in [2.45, 2.75) is 57.1 Å². The first kappa shape index (κ1) is 27.3. The molecular formula is C28H39N7S. The summed E-state index contributed by atoms with van der Waals surface area (Å²) in [7, 11) is 3.76. The summed E-state index contributed by atoms with van der Waals surface area (Å²) in [5.74, 6) is 2.63. The van der Waals surface area contributed by atoms with Gasteiger partial charge in [-0.3, -0.25) is 10.1 Å². The van der Waals surface area contributed by atoms with Crippen molar-refractivity contribution in [2.24, 2.45) is 21.6 Å². The summed E-state index contributed by atoms with van der Waals surface area (Å²) in [5.41, 5.74) is 10.6. The number of anilines is 2. The summed E-state index contributed by atoms with van der Waals surface area (Å²) in [6.45, 7) is 15.0. The molecule has 8 heteroatoms. The second-order valence-electron chi connectivity index (χ2n) is 10.0. The van der Waals surface area contributed by atoms with E-state index in [9.17, 15) is 0 Å². The average Bonchev–Trinajstić information content (AvgIpc) is 3.56. The molecule has 1 aliphatic carbocycles. The van der Waals surface area contributed by atoms with Gasteiger partial charge in [0.15, 0.2) is 5.82 Å². The fourth-order valence-electron chi connectivity index (χ4n) is 3.74. The largest absolute Gasteiger partial charge is 0.404 e. The van der Waals surface area contributed by atoms with Crippen molar-refractivity contribution in [3.63, 3.8) is 0 Å². The molecule has 2 aromatic rings. The SMILES string of the molecule is C=C(/C(C=NC)=C/N)/C(=C(\N=C(/C)N(C)c1ccc(SC(C)(C)C)cc1)Nc1cc(C)[nH]n1)C1CC1. The van der Waals surface area contributed by atoms with E-state index in [2.05, 4.69) is 77.0 Å². The maximum absolute atomic E-state index is 5.93. The Kier molecular flexibility index (Phi) is 8.84. The molecule has 0 saturated heterocycles. The molecule has 0 bridgehead atoms. The Morgan fingerprint density at radius 1 is 1.28 bits per heavy atom. The number of aromatic amines is 1. The number of nitrogens with zero attached hydrogens (tertiary/aromatic N) is 4. The van der Waals surface area contributed by atoms with Crippen molar-refractivity contribution >= 4 is 35.3 Å². The van der Waals surface area contributed by atoms with E-state index in [0.29, 0.717) is 11.7 Å². The van der Waals surface area contributed by atoms with Gasteiger partial charge >= 0.3 is 0 Å². The number of H-pyrrole nitrogens is 1. The minimum atomic E-state index is 0.168. The van der Waals surface area contributed by atoms with Crippen LogP contribution >= 0.6 is 11.8 Å². The molecule has 1 aromatic carbocycles. The number of aryl methyl sites for hydroxylation is 1. The number of benzene rings is 1. The van der Waals surface area contributed by atoms with Gasteiger partial charge in [-0.1, -0.05) is 27.4 Å². The van der Waals surface area contributed by atoms with E-state index < -0.39 is 0 Å². The summed E-state index contributed by atoms with van der Waals surface area (Å²) in [4.78, 5) is 12.6. The van der Waals surface area contributed by atoms with Gasteiger partial charge < -0.3 is 16.0 Å². The fourth-order valence-corrected chi connectivity index (χ4v) is 4.72. The number of amidine groups is 1. The van der Waals surface area contributed by atoms with E-state index in [4.69, 9.17) is 10.7 Å². The molecule has 192 valence electrons. The number of aromatic nitrogens is 2. The van der Waals surface area contributed by atoms with Gasteiger partial charge in [-0.05, 0) is 62.4 Å². The Hall–Kier alpha value is -3.26. The van der Waals surface area contributed by atoms with E-state index in [1.54, 1.807) is 19.5 Å². The zero-order valence-electron chi connectivity index (χ0n) is 22.5. The van der Waals surface area contributed by atoms with E-state index in [-0.39, 0.29) is 4.75 Å². The van der Waals surface area contributed by atoms with Crippen molar-refractivity contribution < 1.29 is 0 Å². The smallest absolute Gasteiger partial charge is 0.153 e. The Bertz CT molecular complexity index is 1190. The molecule has 1 saturated carbocycles. The van der Waals surface area contributed by atoms with E-state index in [1.165, 1.54) is 4.90 Å². The van der Waals surface area contributed by atoms with Crippen LogP contribution < -0.4 is 16.0 Å². The molecule has 1 heterocycles. The molecule has 0 amide bonds. The van der Waals surface area contributed by atoms with Gasteiger partial charge in [0, 0.05) is 64.7 Å². The Morgan fingerprint density at radius 3 is 2.44 bits per heavy atom. The van der Waals surface area contributed by atoms with Crippen LogP contribution in [0.4, 0.5) is 11.5 Å². The van der Waals surface area contributed by atoms with Gasteiger partial charge in [0.1, 0.15) is 11.7 Å². The fraction of sp³-hybridized carbons (Fsp3) is 0.393. The van der Waals surface area contributed by atoms with E-state index >= 15 is 0 Å². The second-order valence-corrected chi connectivity index (χ2v) is 11.9. The number of thioether (sulfide) groups is 1. The highest BCUT2D eigenvalue weighted by Gasteiger charge is 2.32. The number of nitrogens with two attached hydrogens (primary N) is 1. The molecule has 36 heavy (non-hydrogen) atoms. The van der Waals surface area contributed by atoms with Crippen LogP contribution in [0.5, 0.6) is 0 Å². The van der Waals surface area contributed by atoms with Crippen LogP contribution in [0.1, 0.15) is 46.2 Å². The lowest BCUT2D eigenvalue weighted by Crippen LogP contribution is -2.24. The number of allylic oxidation sites excluding steroid dienone is 3. The third-order valence-corrected chi connectivity index (χ3v) is 6.84. The van der Waals surface area contributed by atoms with Gasteiger partial charge in [0.2, 0.25) is 0 Å². The third-order valence-electron chi connectivity index (χ3n) is 5.72. The summed E-state index contributed by atoms with van der Waals surface area (Å²) >= 11 is 1.86. The van der Waals surface area contributed by atoms with Crippen LogP contribution in [0.3, 0.4) is 0 Å².